The molecular formula is C15H16Cl2N2O2. The van der Waals surface area contributed by atoms with Crippen LogP contribution in [0, 0.1) is 13.8 Å². The molecule has 2 aromatic rings. The molecule has 1 aromatic carbocycles. The van der Waals surface area contributed by atoms with Gasteiger partial charge in [0.1, 0.15) is 5.76 Å². The number of carbonyl (C=O) groups excluding carboxylic acids is 1. The van der Waals surface area contributed by atoms with Crippen molar-refractivity contribution in [2.45, 2.75) is 33.2 Å². The Morgan fingerprint density at radius 3 is 2.67 bits per heavy atom. The first-order chi connectivity index (χ1) is 9.88. The predicted molar refractivity (Wildman–Crippen MR) is 82.7 cm³/mol. The number of hydrogen-bond donors (Lipinski definition) is 1. The minimum absolute atomic E-state index is 0.108. The molecule has 1 unspecified atom stereocenters. The van der Waals surface area contributed by atoms with E-state index < -0.39 is 0 Å². The highest BCUT2D eigenvalue weighted by molar-refractivity contribution is 6.35. The molecule has 1 heterocycles. The van der Waals surface area contributed by atoms with Crippen LogP contribution >= 0.6 is 23.2 Å². The van der Waals surface area contributed by atoms with Crippen LogP contribution in [-0.4, -0.2) is 11.1 Å². The molecule has 1 aromatic heterocycles. The zero-order valence-corrected chi connectivity index (χ0v) is 13.5. The smallest absolute Gasteiger partial charge is 0.225 e. The van der Waals surface area contributed by atoms with E-state index in [1.165, 1.54) is 0 Å². The molecule has 21 heavy (non-hydrogen) atoms. The van der Waals surface area contributed by atoms with E-state index in [0.717, 1.165) is 16.8 Å². The molecule has 6 heteroatoms. The molecule has 1 N–H and O–H groups in total. The number of nitrogens with one attached hydrogen (secondary N) is 1. The van der Waals surface area contributed by atoms with Gasteiger partial charge in [0.05, 0.1) is 18.2 Å². The van der Waals surface area contributed by atoms with Gasteiger partial charge in [0, 0.05) is 15.6 Å². The first-order valence-corrected chi connectivity index (χ1v) is 7.30. The van der Waals surface area contributed by atoms with E-state index in [-0.39, 0.29) is 18.4 Å². The van der Waals surface area contributed by atoms with Crippen molar-refractivity contribution in [1.29, 1.82) is 0 Å². The highest BCUT2D eigenvalue weighted by atomic mass is 35.5. The van der Waals surface area contributed by atoms with Crippen molar-refractivity contribution in [2.75, 3.05) is 0 Å². The zero-order valence-electron chi connectivity index (χ0n) is 12.0. The number of amides is 1. The third-order valence-corrected chi connectivity index (χ3v) is 3.89. The van der Waals surface area contributed by atoms with Crippen molar-refractivity contribution in [2.24, 2.45) is 0 Å². The van der Waals surface area contributed by atoms with Crippen LogP contribution in [0.25, 0.3) is 0 Å². The van der Waals surface area contributed by atoms with E-state index in [2.05, 4.69) is 10.5 Å². The maximum atomic E-state index is 12.1. The van der Waals surface area contributed by atoms with Crippen molar-refractivity contribution in [3.05, 3.63) is 50.8 Å². The summed E-state index contributed by atoms with van der Waals surface area (Å²) in [6, 6.07) is 5.02. The number of rotatable bonds is 4. The number of nitrogens with zero attached hydrogens (tertiary/aromatic N) is 1. The fourth-order valence-electron chi connectivity index (χ4n) is 2.14. The van der Waals surface area contributed by atoms with Crippen molar-refractivity contribution >= 4 is 29.1 Å². The molecule has 1 atom stereocenters. The lowest BCUT2D eigenvalue weighted by atomic mass is 10.1. The summed E-state index contributed by atoms with van der Waals surface area (Å²) >= 11 is 12.0. The van der Waals surface area contributed by atoms with Crippen LogP contribution in [-0.2, 0) is 11.2 Å². The molecule has 0 aliphatic heterocycles. The molecule has 0 aliphatic carbocycles. The lowest BCUT2D eigenvalue weighted by Crippen LogP contribution is -2.28. The first-order valence-electron chi connectivity index (χ1n) is 6.54. The summed E-state index contributed by atoms with van der Waals surface area (Å²) in [7, 11) is 0. The van der Waals surface area contributed by atoms with Crippen LogP contribution in [0.1, 0.15) is 35.5 Å². The Morgan fingerprint density at radius 2 is 2.10 bits per heavy atom. The van der Waals surface area contributed by atoms with Crippen LogP contribution in [0.4, 0.5) is 0 Å². The number of halogens is 2. The summed E-state index contributed by atoms with van der Waals surface area (Å²) in [5.41, 5.74) is 2.38. The Hall–Kier alpha value is -1.52. The summed E-state index contributed by atoms with van der Waals surface area (Å²) in [6.07, 6.45) is 0.233. The Balaban J connectivity index is 2.05. The molecule has 1 amide bonds. The van der Waals surface area contributed by atoms with Crippen molar-refractivity contribution in [1.82, 2.24) is 10.5 Å². The molecule has 0 saturated heterocycles. The summed E-state index contributed by atoms with van der Waals surface area (Å²) in [5.74, 6) is 0.558. The fraction of sp³-hybridized carbons (Fsp3) is 0.333. The Kier molecular flexibility index (Phi) is 4.91. The van der Waals surface area contributed by atoms with E-state index in [1.807, 2.05) is 19.9 Å². The van der Waals surface area contributed by atoms with Crippen molar-refractivity contribution in [3.8, 4) is 0 Å². The fourth-order valence-corrected chi connectivity index (χ4v) is 2.71. The molecule has 0 bridgehead atoms. The van der Waals surface area contributed by atoms with Gasteiger partial charge in [0.2, 0.25) is 5.91 Å². The Bertz CT molecular complexity index is 648. The summed E-state index contributed by atoms with van der Waals surface area (Å²) in [6.45, 7) is 5.49. The van der Waals surface area contributed by atoms with Gasteiger partial charge in [0.15, 0.2) is 0 Å². The number of aryl methyl sites for hydroxylation is 2. The monoisotopic (exact) mass is 326 g/mol. The van der Waals surface area contributed by atoms with E-state index in [9.17, 15) is 4.79 Å². The summed E-state index contributed by atoms with van der Waals surface area (Å²) in [5, 5.41) is 7.86. The summed E-state index contributed by atoms with van der Waals surface area (Å²) < 4.78 is 5.05. The van der Waals surface area contributed by atoms with Gasteiger partial charge in [0.25, 0.3) is 0 Å². The minimum atomic E-state index is -0.206. The van der Waals surface area contributed by atoms with Crippen molar-refractivity contribution < 1.29 is 9.32 Å². The number of aromatic nitrogens is 1. The number of hydrogen-bond acceptors (Lipinski definition) is 3. The van der Waals surface area contributed by atoms with Gasteiger partial charge in [-0.05, 0) is 38.5 Å². The average molecular weight is 327 g/mol. The lowest BCUT2D eigenvalue weighted by molar-refractivity contribution is -0.121. The molecule has 0 saturated carbocycles. The SMILES string of the molecule is Cc1noc(C)c1CC(=O)NC(C)c1ccc(Cl)cc1Cl. The standard InChI is InChI=1S/C15H16Cl2N2O2/c1-8(12-5-4-11(16)6-14(12)17)18-15(20)7-13-9(2)19-21-10(13)3/h4-6,8H,7H2,1-3H3,(H,18,20). The highest BCUT2D eigenvalue weighted by Crippen LogP contribution is 2.26. The molecule has 4 nitrogen and oxygen atoms in total. The molecule has 0 aliphatic rings. The molecular weight excluding hydrogens is 311 g/mol. The molecule has 2 rings (SSSR count). The minimum Gasteiger partial charge on any atom is -0.361 e. The normalized spacial score (nSPS) is 12.2. The lowest BCUT2D eigenvalue weighted by Gasteiger charge is -2.16. The maximum absolute atomic E-state index is 12.1. The molecule has 112 valence electrons. The van der Waals surface area contributed by atoms with Gasteiger partial charge in [-0.15, -0.1) is 0 Å². The van der Waals surface area contributed by atoms with Gasteiger partial charge < -0.3 is 9.84 Å². The quantitative estimate of drug-likeness (QED) is 0.923. The maximum Gasteiger partial charge on any atom is 0.225 e. The predicted octanol–water partition coefficient (Wildman–Crippen LogP) is 4.02. The van der Waals surface area contributed by atoms with Gasteiger partial charge in [-0.1, -0.05) is 34.4 Å². The Morgan fingerprint density at radius 1 is 1.38 bits per heavy atom. The average Bonchev–Trinajstić information content (AvgIpc) is 2.70. The van der Waals surface area contributed by atoms with Crippen LogP contribution in [0.3, 0.4) is 0 Å². The third kappa shape index (κ3) is 3.77. The second-order valence-corrected chi connectivity index (χ2v) is 5.78. The second-order valence-electron chi connectivity index (χ2n) is 4.93. The molecule has 0 radical (unpaired) electrons. The van der Waals surface area contributed by atoms with Crippen molar-refractivity contribution in [3.63, 3.8) is 0 Å². The van der Waals surface area contributed by atoms with E-state index >= 15 is 0 Å². The zero-order chi connectivity index (χ0) is 15.6. The number of carbonyl (C=O) groups is 1. The highest BCUT2D eigenvalue weighted by Gasteiger charge is 2.17. The van der Waals surface area contributed by atoms with E-state index in [4.69, 9.17) is 27.7 Å². The second kappa shape index (κ2) is 6.50. The van der Waals surface area contributed by atoms with Gasteiger partial charge >= 0.3 is 0 Å². The van der Waals surface area contributed by atoms with Crippen LogP contribution < -0.4 is 5.32 Å². The van der Waals surface area contributed by atoms with E-state index in [0.29, 0.717) is 15.8 Å². The van der Waals surface area contributed by atoms with Crippen LogP contribution in [0.2, 0.25) is 10.0 Å². The largest absolute Gasteiger partial charge is 0.361 e. The van der Waals surface area contributed by atoms with Crippen LogP contribution in [0.15, 0.2) is 22.7 Å². The third-order valence-electron chi connectivity index (χ3n) is 3.33. The van der Waals surface area contributed by atoms with Gasteiger partial charge in [-0.3, -0.25) is 4.79 Å². The van der Waals surface area contributed by atoms with Crippen LogP contribution in [0.5, 0.6) is 0 Å². The van der Waals surface area contributed by atoms with E-state index in [1.54, 1.807) is 19.1 Å². The first kappa shape index (κ1) is 15.9. The molecule has 0 spiro atoms. The van der Waals surface area contributed by atoms with Gasteiger partial charge in [-0.25, -0.2) is 0 Å². The Labute approximate surface area is 133 Å². The topological polar surface area (TPSA) is 55.1 Å². The molecule has 0 fully saturated rings. The number of benzene rings is 1. The van der Waals surface area contributed by atoms with Gasteiger partial charge in [-0.2, -0.15) is 0 Å². The summed E-state index contributed by atoms with van der Waals surface area (Å²) in [4.78, 5) is 12.1.